The molecule has 1 aromatic carbocycles. The minimum absolute atomic E-state index is 0.155. The molecular weight excluding hydrogens is 324 g/mol. The van der Waals surface area contributed by atoms with Gasteiger partial charge in [0.25, 0.3) is 0 Å². The molecule has 1 aliphatic carbocycles. The van der Waals surface area contributed by atoms with Crippen molar-refractivity contribution in [1.82, 2.24) is 10.2 Å². The molecule has 1 heterocycles. The SMILES string of the molecule is CC(C)(C)c1ccc(CCNC(=O)CN(CC2CCOC2)C2CC2)cc1. The summed E-state index contributed by atoms with van der Waals surface area (Å²) in [5.41, 5.74) is 2.81. The highest BCUT2D eigenvalue weighted by Gasteiger charge is 2.32. The summed E-state index contributed by atoms with van der Waals surface area (Å²) >= 11 is 0. The first-order valence-electron chi connectivity index (χ1n) is 10.1. The monoisotopic (exact) mass is 358 g/mol. The molecule has 4 nitrogen and oxygen atoms in total. The topological polar surface area (TPSA) is 41.6 Å². The molecule has 1 N–H and O–H groups in total. The van der Waals surface area contributed by atoms with Crippen LogP contribution in [0.15, 0.2) is 24.3 Å². The summed E-state index contributed by atoms with van der Waals surface area (Å²) in [7, 11) is 0. The van der Waals surface area contributed by atoms with E-state index in [0.717, 1.165) is 32.6 Å². The lowest BCUT2D eigenvalue weighted by Gasteiger charge is -2.24. The smallest absolute Gasteiger partial charge is 0.234 e. The van der Waals surface area contributed by atoms with Gasteiger partial charge in [-0.15, -0.1) is 0 Å². The van der Waals surface area contributed by atoms with Crippen LogP contribution in [0.2, 0.25) is 0 Å². The highest BCUT2D eigenvalue weighted by molar-refractivity contribution is 5.78. The Labute approximate surface area is 158 Å². The van der Waals surface area contributed by atoms with E-state index < -0.39 is 0 Å². The molecule has 1 unspecified atom stereocenters. The van der Waals surface area contributed by atoms with Crippen LogP contribution in [0, 0.1) is 5.92 Å². The maximum absolute atomic E-state index is 12.4. The number of benzene rings is 1. The van der Waals surface area contributed by atoms with E-state index in [1.54, 1.807) is 0 Å². The van der Waals surface area contributed by atoms with Crippen molar-refractivity contribution in [3.63, 3.8) is 0 Å². The van der Waals surface area contributed by atoms with Gasteiger partial charge >= 0.3 is 0 Å². The molecule has 0 aromatic heterocycles. The van der Waals surface area contributed by atoms with E-state index >= 15 is 0 Å². The second-order valence-electron chi connectivity index (χ2n) is 8.94. The fourth-order valence-electron chi connectivity index (χ4n) is 3.60. The van der Waals surface area contributed by atoms with Gasteiger partial charge in [-0.3, -0.25) is 9.69 Å². The molecule has 1 amide bonds. The molecule has 144 valence electrons. The van der Waals surface area contributed by atoms with Crippen LogP contribution in [0.1, 0.15) is 51.2 Å². The maximum Gasteiger partial charge on any atom is 0.234 e. The van der Waals surface area contributed by atoms with Crippen LogP contribution >= 0.6 is 0 Å². The van der Waals surface area contributed by atoms with Crippen LogP contribution in [0.3, 0.4) is 0 Å². The predicted octanol–water partition coefficient (Wildman–Crippen LogP) is 3.14. The molecule has 3 rings (SSSR count). The summed E-state index contributed by atoms with van der Waals surface area (Å²) in [5, 5.41) is 3.10. The summed E-state index contributed by atoms with van der Waals surface area (Å²) in [6.07, 6.45) is 4.49. The molecule has 1 aliphatic heterocycles. The fourth-order valence-corrected chi connectivity index (χ4v) is 3.60. The summed E-state index contributed by atoms with van der Waals surface area (Å²) in [6, 6.07) is 9.39. The summed E-state index contributed by atoms with van der Waals surface area (Å²) in [6.45, 7) is 10.7. The largest absolute Gasteiger partial charge is 0.381 e. The number of nitrogens with one attached hydrogen (secondary N) is 1. The van der Waals surface area contributed by atoms with E-state index in [0.29, 0.717) is 25.0 Å². The van der Waals surface area contributed by atoms with Gasteiger partial charge in [0, 0.05) is 25.7 Å². The molecule has 2 fully saturated rings. The molecule has 0 radical (unpaired) electrons. The maximum atomic E-state index is 12.4. The van der Waals surface area contributed by atoms with E-state index in [-0.39, 0.29) is 11.3 Å². The normalized spacial score (nSPS) is 20.5. The number of amides is 1. The lowest BCUT2D eigenvalue weighted by atomic mass is 9.86. The first kappa shape index (κ1) is 19.4. The summed E-state index contributed by atoms with van der Waals surface area (Å²) < 4.78 is 5.48. The Morgan fingerprint density at radius 3 is 2.50 bits per heavy atom. The Morgan fingerprint density at radius 1 is 1.19 bits per heavy atom. The van der Waals surface area contributed by atoms with Crippen molar-refractivity contribution in [3.8, 4) is 0 Å². The Bertz CT molecular complexity index is 581. The zero-order valence-electron chi connectivity index (χ0n) is 16.6. The third kappa shape index (κ3) is 5.82. The highest BCUT2D eigenvalue weighted by Crippen LogP contribution is 2.28. The second-order valence-corrected chi connectivity index (χ2v) is 8.94. The number of nitrogens with zero attached hydrogens (tertiary/aromatic N) is 1. The van der Waals surface area contributed by atoms with Crippen molar-refractivity contribution in [1.29, 1.82) is 0 Å². The number of ether oxygens (including phenoxy) is 1. The quantitative estimate of drug-likeness (QED) is 0.776. The van der Waals surface area contributed by atoms with E-state index in [4.69, 9.17) is 4.74 Å². The van der Waals surface area contributed by atoms with Crippen LogP contribution in [0.5, 0.6) is 0 Å². The van der Waals surface area contributed by atoms with Crippen molar-refractivity contribution in [2.45, 2.75) is 57.9 Å². The number of carbonyl (C=O) groups excluding carboxylic acids is 1. The average Bonchev–Trinajstić information content (AvgIpc) is 3.31. The van der Waals surface area contributed by atoms with Gasteiger partial charge in [-0.05, 0) is 48.1 Å². The lowest BCUT2D eigenvalue weighted by Crippen LogP contribution is -2.41. The molecule has 4 heteroatoms. The number of rotatable bonds is 8. The number of hydrogen-bond acceptors (Lipinski definition) is 3. The predicted molar refractivity (Wildman–Crippen MR) is 105 cm³/mol. The van der Waals surface area contributed by atoms with Crippen molar-refractivity contribution in [2.24, 2.45) is 5.92 Å². The molecule has 1 aromatic rings. The first-order valence-corrected chi connectivity index (χ1v) is 10.1. The third-order valence-corrected chi connectivity index (χ3v) is 5.48. The zero-order chi connectivity index (χ0) is 18.6. The van der Waals surface area contributed by atoms with Gasteiger partial charge < -0.3 is 10.1 Å². The molecule has 26 heavy (non-hydrogen) atoms. The van der Waals surface area contributed by atoms with E-state index in [9.17, 15) is 4.79 Å². The van der Waals surface area contributed by atoms with Crippen molar-refractivity contribution in [2.75, 3.05) is 32.8 Å². The van der Waals surface area contributed by atoms with Gasteiger partial charge in [0.1, 0.15) is 0 Å². The molecule has 1 saturated heterocycles. The van der Waals surface area contributed by atoms with Gasteiger partial charge in [0.05, 0.1) is 13.2 Å². The minimum atomic E-state index is 0.155. The first-order chi connectivity index (χ1) is 12.4. The standard InChI is InChI=1S/C22H34N2O2/c1-22(2,3)19-6-4-17(5-7-19)10-12-23-21(25)15-24(20-8-9-20)14-18-11-13-26-16-18/h4-7,18,20H,8-16H2,1-3H3,(H,23,25). The molecule has 1 saturated carbocycles. The van der Waals surface area contributed by atoms with Crippen LogP contribution in [0.4, 0.5) is 0 Å². The molecule has 0 spiro atoms. The van der Waals surface area contributed by atoms with E-state index in [1.165, 1.54) is 24.0 Å². The fraction of sp³-hybridized carbons (Fsp3) is 0.682. The average molecular weight is 359 g/mol. The van der Waals surface area contributed by atoms with Gasteiger partial charge in [-0.1, -0.05) is 45.0 Å². The molecular formula is C22H34N2O2. The van der Waals surface area contributed by atoms with E-state index in [1.807, 2.05) is 0 Å². The summed E-state index contributed by atoms with van der Waals surface area (Å²) in [5.74, 6) is 0.756. The van der Waals surface area contributed by atoms with Crippen LogP contribution in [0.25, 0.3) is 0 Å². The Kier molecular flexibility index (Phi) is 6.36. The zero-order valence-corrected chi connectivity index (χ0v) is 16.6. The molecule has 0 bridgehead atoms. The van der Waals surface area contributed by atoms with Gasteiger partial charge in [0.2, 0.25) is 5.91 Å². The second kappa shape index (κ2) is 8.53. The van der Waals surface area contributed by atoms with Crippen molar-refractivity contribution < 1.29 is 9.53 Å². The Balaban J connectivity index is 1.40. The van der Waals surface area contributed by atoms with E-state index in [2.05, 4.69) is 55.3 Å². The number of carbonyl (C=O) groups is 1. The van der Waals surface area contributed by atoms with Gasteiger partial charge in [0.15, 0.2) is 0 Å². The van der Waals surface area contributed by atoms with Crippen LogP contribution in [-0.4, -0.2) is 49.7 Å². The van der Waals surface area contributed by atoms with Gasteiger partial charge in [-0.2, -0.15) is 0 Å². The Morgan fingerprint density at radius 2 is 1.92 bits per heavy atom. The Hall–Kier alpha value is -1.39. The molecule has 2 aliphatic rings. The highest BCUT2D eigenvalue weighted by atomic mass is 16.5. The number of hydrogen-bond donors (Lipinski definition) is 1. The van der Waals surface area contributed by atoms with Crippen LogP contribution < -0.4 is 5.32 Å². The van der Waals surface area contributed by atoms with Crippen molar-refractivity contribution >= 4 is 5.91 Å². The minimum Gasteiger partial charge on any atom is -0.381 e. The lowest BCUT2D eigenvalue weighted by molar-refractivity contribution is -0.122. The summed E-state index contributed by atoms with van der Waals surface area (Å²) in [4.78, 5) is 14.7. The molecule has 1 atom stereocenters. The third-order valence-electron chi connectivity index (χ3n) is 5.48. The van der Waals surface area contributed by atoms with Crippen molar-refractivity contribution in [3.05, 3.63) is 35.4 Å². The van der Waals surface area contributed by atoms with Crippen LogP contribution in [-0.2, 0) is 21.4 Å². The van der Waals surface area contributed by atoms with Gasteiger partial charge in [-0.25, -0.2) is 0 Å².